The van der Waals surface area contributed by atoms with Gasteiger partial charge in [-0.05, 0) is 29.3 Å². The highest BCUT2D eigenvalue weighted by Crippen LogP contribution is 2.26. The van der Waals surface area contributed by atoms with Crippen LogP contribution < -0.4 is 10.6 Å². The third kappa shape index (κ3) is 5.53. The highest BCUT2D eigenvalue weighted by molar-refractivity contribution is 6.00. The van der Waals surface area contributed by atoms with Gasteiger partial charge in [0.15, 0.2) is 0 Å². The molecule has 2 amide bonds. The van der Waals surface area contributed by atoms with Crippen molar-refractivity contribution in [1.29, 1.82) is 0 Å². The topological polar surface area (TPSA) is 67.4 Å². The van der Waals surface area contributed by atoms with Crippen molar-refractivity contribution < 1.29 is 14.3 Å². The van der Waals surface area contributed by atoms with Crippen LogP contribution in [-0.4, -0.2) is 32.1 Å². The average Bonchev–Trinajstić information content (AvgIpc) is 2.76. The Kier molecular flexibility index (Phi) is 7.14. The van der Waals surface area contributed by atoms with Crippen LogP contribution in [0.2, 0.25) is 0 Å². The molecule has 5 nitrogen and oxygen atoms in total. The number of benzene rings is 3. The van der Waals surface area contributed by atoms with Gasteiger partial charge in [0, 0.05) is 24.9 Å². The Bertz CT molecular complexity index is 903. The fourth-order valence-electron chi connectivity index (χ4n) is 3.11. The zero-order chi connectivity index (χ0) is 20.5. The number of methoxy groups -OCH3 is 1. The largest absolute Gasteiger partial charge is 0.383 e. The fraction of sp³-hybridized carbons (Fsp3) is 0.167. The second kappa shape index (κ2) is 10.2. The van der Waals surface area contributed by atoms with E-state index >= 15 is 0 Å². The van der Waals surface area contributed by atoms with E-state index in [0.29, 0.717) is 24.4 Å². The summed E-state index contributed by atoms with van der Waals surface area (Å²) in [6.07, 6.45) is 0. The van der Waals surface area contributed by atoms with Crippen molar-refractivity contribution in [2.24, 2.45) is 0 Å². The summed E-state index contributed by atoms with van der Waals surface area (Å²) in [4.78, 5) is 25.4. The van der Waals surface area contributed by atoms with Crippen molar-refractivity contribution in [1.82, 2.24) is 5.32 Å². The molecule has 0 aromatic heterocycles. The maximum atomic E-state index is 13.2. The lowest BCUT2D eigenvalue weighted by molar-refractivity contribution is -0.116. The summed E-state index contributed by atoms with van der Waals surface area (Å²) >= 11 is 0. The van der Waals surface area contributed by atoms with Crippen LogP contribution >= 0.6 is 0 Å². The number of carbonyl (C=O) groups is 2. The first-order valence-electron chi connectivity index (χ1n) is 9.47. The SMILES string of the molecule is COCCNC(=O)c1cccc(NC(=O)C(c2ccccc2)c2ccccc2)c1. The molecule has 0 saturated carbocycles. The van der Waals surface area contributed by atoms with Crippen molar-refractivity contribution in [3.8, 4) is 0 Å². The quantitative estimate of drug-likeness (QED) is 0.576. The summed E-state index contributed by atoms with van der Waals surface area (Å²) in [7, 11) is 1.58. The molecule has 0 atom stereocenters. The smallest absolute Gasteiger partial charge is 0.251 e. The molecule has 0 heterocycles. The molecule has 29 heavy (non-hydrogen) atoms. The van der Waals surface area contributed by atoms with Gasteiger partial charge >= 0.3 is 0 Å². The summed E-state index contributed by atoms with van der Waals surface area (Å²) in [6.45, 7) is 0.869. The summed E-state index contributed by atoms with van der Waals surface area (Å²) in [6, 6.07) is 26.2. The van der Waals surface area contributed by atoms with Crippen molar-refractivity contribution in [2.75, 3.05) is 25.6 Å². The van der Waals surface area contributed by atoms with Crippen LogP contribution in [0.15, 0.2) is 84.9 Å². The van der Waals surface area contributed by atoms with E-state index in [2.05, 4.69) is 10.6 Å². The first kappa shape index (κ1) is 20.3. The minimum atomic E-state index is -0.448. The zero-order valence-electron chi connectivity index (χ0n) is 16.3. The monoisotopic (exact) mass is 388 g/mol. The van der Waals surface area contributed by atoms with Gasteiger partial charge in [-0.3, -0.25) is 9.59 Å². The third-order valence-electron chi connectivity index (χ3n) is 4.51. The molecule has 0 spiro atoms. The van der Waals surface area contributed by atoms with Crippen LogP contribution in [0, 0.1) is 0 Å². The third-order valence-corrected chi connectivity index (χ3v) is 4.51. The molecule has 0 saturated heterocycles. The summed E-state index contributed by atoms with van der Waals surface area (Å²) in [5.41, 5.74) is 2.87. The Morgan fingerprint density at radius 3 is 2.07 bits per heavy atom. The van der Waals surface area contributed by atoms with Crippen LogP contribution in [0.4, 0.5) is 5.69 Å². The summed E-state index contributed by atoms with van der Waals surface area (Å²) in [5.74, 6) is -0.809. The fourth-order valence-corrected chi connectivity index (χ4v) is 3.11. The molecule has 0 aliphatic heterocycles. The maximum absolute atomic E-state index is 13.2. The van der Waals surface area contributed by atoms with Crippen molar-refractivity contribution in [3.05, 3.63) is 102 Å². The number of nitrogens with one attached hydrogen (secondary N) is 2. The highest BCUT2D eigenvalue weighted by Gasteiger charge is 2.22. The van der Waals surface area contributed by atoms with Gasteiger partial charge in [-0.15, -0.1) is 0 Å². The first-order valence-corrected chi connectivity index (χ1v) is 9.47. The van der Waals surface area contributed by atoms with Crippen LogP contribution in [0.3, 0.4) is 0 Å². The molecule has 148 valence electrons. The van der Waals surface area contributed by atoms with Gasteiger partial charge < -0.3 is 15.4 Å². The van der Waals surface area contributed by atoms with E-state index in [4.69, 9.17) is 4.74 Å². The van der Waals surface area contributed by atoms with Crippen molar-refractivity contribution in [3.63, 3.8) is 0 Å². The van der Waals surface area contributed by atoms with Crippen LogP contribution in [-0.2, 0) is 9.53 Å². The number of rotatable bonds is 8. The van der Waals surface area contributed by atoms with Crippen LogP contribution in [0.1, 0.15) is 27.4 Å². The van der Waals surface area contributed by atoms with Gasteiger partial charge in [0.25, 0.3) is 5.91 Å². The predicted molar refractivity (Wildman–Crippen MR) is 114 cm³/mol. The molecule has 0 aliphatic carbocycles. The van der Waals surface area contributed by atoms with E-state index in [1.807, 2.05) is 60.7 Å². The molecule has 0 fully saturated rings. The second-order valence-electron chi connectivity index (χ2n) is 6.57. The Hall–Kier alpha value is -3.44. The number of anilines is 1. The van der Waals surface area contributed by atoms with E-state index in [1.165, 1.54) is 0 Å². The van der Waals surface area contributed by atoms with Gasteiger partial charge in [-0.25, -0.2) is 0 Å². The molecular formula is C24H24N2O3. The van der Waals surface area contributed by atoms with Gasteiger partial charge in [0.1, 0.15) is 0 Å². The Labute approximate surface area is 170 Å². The Morgan fingerprint density at radius 2 is 1.48 bits per heavy atom. The molecule has 3 aromatic carbocycles. The number of amides is 2. The van der Waals surface area contributed by atoms with Gasteiger partial charge in [0.2, 0.25) is 5.91 Å². The van der Waals surface area contributed by atoms with Gasteiger partial charge in [-0.2, -0.15) is 0 Å². The molecule has 0 bridgehead atoms. The number of carbonyl (C=O) groups excluding carboxylic acids is 2. The van der Waals surface area contributed by atoms with Gasteiger partial charge in [0.05, 0.1) is 12.5 Å². The van der Waals surface area contributed by atoms with E-state index < -0.39 is 5.92 Å². The first-order chi connectivity index (χ1) is 14.2. The molecule has 2 N–H and O–H groups in total. The zero-order valence-corrected chi connectivity index (χ0v) is 16.3. The van der Waals surface area contributed by atoms with Crippen molar-refractivity contribution >= 4 is 17.5 Å². The normalized spacial score (nSPS) is 10.6. The lowest BCUT2D eigenvalue weighted by Gasteiger charge is -2.18. The lowest BCUT2D eigenvalue weighted by atomic mass is 9.90. The van der Waals surface area contributed by atoms with Crippen LogP contribution in [0.5, 0.6) is 0 Å². The molecule has 0 radical (unpaired) electrons. The summed E-state index contributed by atoms with van der Waals surface area (Å²) < 4.78 is 4.94. The molecular weight excluding hydrogens is 364 g/mol. The van der Waals surface area contributed by atoms with Gasteiger partial charge in [-0.1, -0.05) is 66.7 Å². The standard InChI is InChI=1S/C24H24N2O3/c1-29-16-15-25-23(27)20-13-8-14-21(17-20)26-24(28)22(18-9-4-2-5-10-18)19-11-6-3-7-12-19/h2-14,17,22H,15-16H2,1H3,(H,25,27)(H,26,28). The highest BCUT2D eigenvalue weighted by atomic mass is 16.5. The lowest BCUT2D eigenvalue weighted by Crippen LogP contribution is -2.27. The number of hydrogen-bond donors (Lipinski definition) is 2. The molecule has 3 aromatic rings. The number of ether oxygens (including phenoxy) is 1. The second-order valence-corrected chi connectivity index (χ2v) is 6.57. The Balaban J connectivity index is 1.80. The maximum Gasteiger partial charge on any atom is 0.251 e. The number of hydrogen-bond acceptors (Lipinski definition) is 3. The minimum absolute atomic E-state index is 0.153. The minimum Gasteiger partial charge on any atom is -0.383 e. The molecule has 3 rings (SSSR count). The van der Waals surface area contributed by atoms with E-state index in [1.54, 1.807) is 31.4 Å². The molecule has 5 heteroatoms. The predicted octanol–water partition coefficient (Wildman–Crippen LogP) is 3.83. The van der Waals surface area contributed by atoms with Crippen molar-refractivity contribution in [2.45, 2.75) is 5.92 Å². The van der Waals surface area contributed by atoms with E-state index in [0.717, 1.165) is 11.1 Å². The summed E-state index contributed by atoms with van der Waals surface area (Å²) in [5, 5.41) is 5.74. The van der Waals surface area contributed by atoms with E-state index in [9.17, 15) is 9.59 Å². The molecule has 0 unspecified atom stereocenters. The molecule has 0 aliphatic rings. The van der Waals surface area contributed by atoms with E-state index in [-0.39, 0.29) is 11.8 Å². The average molecular weight is 388 g/mol. The Morgan fingerprint density at radius 1 is 0.862 bits per heavy atom. The van der Waals surface area contributed by atoms with Crippen LogP contribution in [0.25, 0.3) is 0 Å².